The van der Waals surface area contributed by atoms with Crippen LogP contribution in [-0.4, -0.2) is 96.7 Å². The lowest BCUT2D eigenvalue weighted by Crippen LogP contribution is -2.30. The van der Waals surface area contributed by atoms with Gasteiger partial charge in [0, 0.05) is 25.7 Å². The molecule has 606 valence electrons. The summed E-state index contributed by atoms with van der Waals surface area (Å²) in [6.45, 7) is 14.3. The quantitative estimate of drug-likeness (QED) is 0.0222. The number of aliphatic hydroxyl groups is 1. The lowest BCUT2D eigenvalue weighted by Gasteiger charge is -2.21. The van der Waals surface area contributed by atoms with Gasteiger partial charge in [-0.25, -0.2) is 9.13 Å². The van der Waals surface area contributed by atoms with E-state index >= 15 is 0 Å². The molecule has 102 heavy (non-hydrogen) atoms. The maximum atomic E-state index is 13.1. The van der Waals surface area contributed by atoms with E-state index < -0.39 is 97.5 Å². The predicted octanol–water partition coefficient (Wildman–Crippen LogP) is 24.8. The van der Waals surface area contributed by atoms with E-state index in [0.717, 1.165) is 108 Å². The van der Waals surface area contributed by atoms with Crippen molar-refractivity contribution in [2.75, 3.05) is 39.6 Å². The minimum atomic E-state index is -4.96. The van der Waals surface area contributed by atoms with Crippen LogP contribution in [0.15, 0.2) is 0 Å². The van der Waals surface area contributed by atoms with Gasteiger partial charge in [-0.1, -0.05) is 376 Å². The summed E-state index contributed by atoms with van der Waals surface area (Å²) in [7, 11) is -9.92. The Morgan fingerprint density at radius 2 is 0.471 bits per heavy atom. The molecule has 0 aliphatic heterocycles. The second kappa shape index (κ2) is 72.0. The molecule has 0 rings (SSSR count). The maximum Gasteiger partial charge on any atom is 0.472 e. The fourth-order valence-electron chi connectivity index (χ4n) is 12.8. The van der Waals surface area contributed by atoms with Gasteiger partial charge in [0.1, 0.15) is 19.3 Å². The monoisotopic (exact) mass is 1490 g/mol. The molecule has 0 aromatic heterocycles. The van der Waals surface area contributed by atoms with Crippen LogP contribution in [-0.2, 0) is 65.4 Å². The van der Waals surface area contributed by atoms with Crippen LogP contribution < -0.4 is 0 Å². The van der Waals surface area contributed by atoms with E-state index in [1.165, 1.54) is 225 Å². The highest BCUT2D eigenvalue weighted by Gasteiger charge is 2.30. The summed E-state index contributed by atoms with van der Waals surface area (Å²) in [4.78, 5) is 73.0. The van der Waals surface area contributed by atoms with E-state index in [-0.39, 0.29) is 25.7 Å². The largest absolute Gasteiger partial charge is 0.472 e. The Morgan fingerprint density at radius 1 is 0.275 bits per heavy atom. The first-order valence-corrected chi connectivity index (χ1v) is 45.7. The summed E-state index contributed by atoms with van der Waals surface area (Å²) < 4.78 is 68.7. The third-order valence-corrected chi connectivity index (χ3v) is 21.6. The third kappa shape index (κ3) is 74.9. The van der Waals surface area contributed by atoms with Crippen LogP contribution in [0.1, 0.15) is 428 Å². The van der Waals surface area contributed by atoms with Crippen LogP contribution in [0.3, 0.4) is 0 Å². The van der Waals surface area contributed by atoms with E-state index in [1.807, 2.05) is 0 Å². The predicted molar refractivity (Wildman–Crippen MR) is 418 cm³/mol. The Labute approximate surface area is 626 Å². The van der Waals surface area contributed by atoms with Gasteiger partial charge in [-0.15, -0.1) is 0 Å². The van der Waals surface area contributed by atoms with Crippen LogP contribution >= 0.6 is 15.6 Å². The first-order valence-electron chi connectivity index (χ1n) is 42.7. The van der Waals surface area contributed by atoms with Crippen molar-refractivity contribution in [1.82, 2.24) is 0 Å². The first kappa shape index (κ1) is 100. The number of hydrogen-bond donors (Lipinski definition) is 3. The molecule has 19 heteroatoms. The van der Waals surface area contributed by atoms with Crippen molar-refractivity contribution in [3.63, 3.8) is 0 Å². The van der Waals surface area contributed by atoms with Crippen LogP contribution in [0.5, 0.6) is 0 Å². The number of ether oxygens (including phenoxy) is 4. The molecule has 3 N–H and O–H groups in total. The van der Waals surface area contributed by atoms with Gasteiger partial charge in [0.15, 0.2) is 12.2 Å². The first-order chi connectivity index (χ1) is 49.1. The minimum absolute atomic E-state index is 0.105. The zero-order valence-electron chi connectivity index (χ0n) is 67.2. The molecular formula is C83H162O17P2. The topological polar surface area (TPSA) is 237 Å². The molecular weight excluding hydrogens is 1330 g/mol. The molecule has 4 unspecified atom stereocenters. The van der Waals surface area contributed by atoms with Crippen LogP contribution in [0.2, 0.25) is 0 Å². The molecule has 0 heterocycles. The zero-order chi connectivity index (χ0) is 75.3. The molecule has 0 aliphatic rings. The van der Waals surface area contributed by atoms with Crippen molar-refractivity contribution in [2.24, 2.45) is 23.7 Å². The van der Waals surface area contributed by atoms with Crippen LogP contribution in [0.4, 0.5) is 0 Å². The molecule has 0 saturated heterocycles. The highest BCUT2D eigenvalue weighted by molar-refractivity contribution is 7.47. The van der Waals surface area contributed by atoms with Gasteiger partial charge in [0.2, 0.25) is 0 Å². The third-order valence-electron chi connectivity index (χ3n) is 19.7. The molecule has 0 saturated carbocycles. The maximum absolute atomic E-state index is 13.1. The number of esters is 4. The molecule has 0 radical (unpaired) electrons. The summed E-state index contributed by atoms with van der Waals surface area (Å²) in [6, 6.07) is 0. The van der Waals surface area contributed by atoms with Gasteiger partial charge < -0.3 is 33.8 Å². The smallest absolute Gasteiger partial charge is 0.462 e. The summed E-state index contributed by atoms with van der Waals surface area (Å²) in [5.74, 6) is 0.991. The molecule has 6 atom stereocenters. The SMILES string of the molecule is CCC(C)CCCCCCCCCCCCCCCCCCCCC(=O)OC[C@H](COP(=O)(O)OCC(O)COP(=O)(O)OC[C@@H](COC(=O)CCCCCCCCCC(C)C)OC(=O)CCCCCCCCCCCCCCCCCCC(C)C)OC(=O)CCCCCCCCCCC(C)C. The number of aliphatic hydroxyl groups excluding tert-OH is 1. The van der Waals surface area contributed by atoms with Gasteiger partial charge in [-0.3, -0.25) is 37.3 Å². The Morgan fingerprint density at radius 3 is 0.696 bits per heavy atom. The Bertz CT molecular complexity index is 1990. The number of phosphoric acid groups is 2. The number of carbonyl (C=O) groups is 4. The second-order valence-electron chi connectivity index (χ2n) is 31.5. The van der Waals surface area contributed by atoms with E-state index in [9.17, 15) is 43.2 Å². The Balaban J connectivity index is 5.14. The minimum Gasteiger partial charge on any atom is -0.462 e. The number of carbonyl (C=O) groups excluding carboxylic acids is 4. The Hall–Kier alpha value is -1.94. The molecule has 0 aromatic carbocycles. The van der Waals surface area contributed by atoms with Crippen molar-refractivity contribution in [3.8, 4) is 0 Å². The van der Waals surface area contributed by atoms with Gasteiger partial charge in [0.25, 0.3) is 0 Å². The van der Waals surface area contributed by atoms with Gasteiger partial charge in [-0.05, 0) is 49.4 Å². The van der Waals surface area contributed by atoms with Crippen LogP contribution in [0, 0.1) is 23.7 Å². The molecule has 0 bridgehead atoms. The van der Waals surface area contributed by atoms with Gasteiger partial charge >= 0.3 is 39.5 Å². The van der Waals surface area contributed by atoms with Crippen molar-refractivity contribution in [1.29, 1.82) is 0 Å². The molecule has 0 fully saturated rings. The average Bonchev–Trinajstić information content (AvgIpc) is 0.913. The van der Waals surface area contributed by atoms with Crippen molar-refractivity contribution >= 4 is 39.5 Å². The molecule has 0 spiro atoms. The van der Waals surface area contributed by atoms with Crippen molar-refractivity contribution in [3.05, 3.63) is 0 Å². The molecule has 0 amide bonds. The number of phosphoric ester groups is 2. The summed E-state index contributed by atoms with van der Waals surface area (Å²) in [5, 5.41) is 10.6. The van der Waals surface area contributed by atoms with Crippen LogP contribution in [0.25, 0.3) is 0 Å². The van der Waals surface area contributed by atoms with Gasteiger partial charge in [0.05, 0.1) is 26.4 Å². The normalized spacial score (nSPS) is 14.3. The fourth-order valence-corrected chi connectivity index (χ4v) is 14.3. The van der Waals surface area contributed by atoms with Crippen molar-refractivity contribution < 1.29 is 80.2 Å². The molecule has 0 aromatic rings. The summed E-state index contributed by atoms with van der Waals surface area (Å²) in [6.07, 6.45) is 59.9. The molecule has 17 nitrogen and oxygen atoms in total. The van der Waals surface area contributed by atoms with Gasteiger partial charge in [-0.2, -0.15) is 0 Å². The van der Waals surface area contributed by atoms with E-state index in [2.05, 4.69) is 55.4 Å². The second-order valence-corrected chi connectivity index (χ2v) is 34.4. The highest BCUT2D eigenvalue weighted by atomic mass is 31.2. The fraction of sp³-hybridized carbons (Fsp3) is 0.952. The molecule has 0 aliphatic carbocycles. The number of unbranched alkanes of at least 4 members (excludes halogenated alkanes) is 45. The zero-order valence-corrected chi connectivity index (χ0v) is 69.0. The van der Waals surface area contributed by atoms with E-state index in [1.54, 1.807) is 0 Å². The Kier molecular flexibility index (Phi) is 70.6. The summed E-state index contributed by atoms with van der Waals surface area (Å²) >= 11 is 0. The lowest BCUT2D eigenvalue weighted by atomic mass is 9.99. The van der Waals surface area contributed by atoms with E-state index in [4.69, 9.17) is 37.0 Å². The average molecular weight is 1490 g/mol. The highest BCUT2D eigenvalue weighted by Crippen LogP contribution is 2.45. The van der Waals surface area contributed by atoms with Crippen molar-refractivity contribution in [2.45, 2.75) is 446 Å². The number of rotatable bonds is 80. The lowest BCUT2D eigenvalue weighted by molar-refractivity contribution is -0.161. The standard InChI is InChI=1S/C83H162O17P2/c1-9-76(8)62-54-46-38-29-25-21-17-12-10-11-13-18-22-26-30-39-47-55-63-80(85)93-69-78(100-83(88)66-58-50-41-33-32-36-44-52-60-74(4)5)71-97-101(89,90)95-67-77(84)68-96-102(91,92)98-72-79(70-94-81(86)64-56-48-42-34-37-45-53-61-75(6)7)99-82(87)65-57-49-40-31-27-23-19-15-14-16-20-24-28-35-43-51-59-73(2)3/h73-79,84H,9-72H2,1-8H3,(H,89,90)(H,91,92)/t76?,77?,78-,79-/m1/s1. The van der Waals surface area contributed by atoms with E-state index in [0.29, 0.717) is 37.5 Å². The number of hydrogen-bond acceptors (Lipinski definition) is 15. The summed E-state index contributed by atoms with van der Waals surface area (Å²) in [5.41, 5.74) is 0.